The van der Waals surface area contributed by atoms with Crippen LogP contribution in [-0.4, -0.2) is 23.0 Å². The summed E-state index contributed by atoms with van der Waals surface area (Å²) in [6.07, 6.45) is 2.45. The van der Waals surface area contributed by atoms with Crippen molar-refractivity contribution in [1.82, 2.24) is 9.97 Å². The standard InChI is InChI=1S/C13H13N3O3/c1-8-3-4-11(19-2)10(5-8)16-13(18)9-6-14-7-15-12(9)17/h3-7H,1-2H3,(H,16,18)(H,14,15,17). The molecule has 0 aliphatic carbocycles. The van der Waals surface area contributed by atoms with Crippen LogP contribution in [0.25, 0.3) is 0 Å². The number of methoxy groups -OCH3 is 1. The molecule has 6 heteroatoms. The fraction of sp³-hybridized carbons (Fsp3) is 0.154. The number of aryl methyl sites for hydroxylation is 1. The van der Waals surface area contributed by atoms with Gasteiger partial charge in [-0.25, -0.2) is 4.98 Å². The Balaban J connectivity index is 2.32. The molecule has 2 N–H and O–H groups in total. The normalized spacial score (nSPS) is 10.0. The number of rotatable bonds is 3. The second-order valence-corrected chi connectivity index (χ2v) is 3.95. The Bertz CT molecular complexity index is 664. The molecule has 0 aliphatic rings. The Labute approximate surface area is 109 Å². The van der Waals surface area contributed by atoms with Gasteiger partial charge in [-0.3, -0.25) is 9.59 Å². The van der Waals surface area contributed by atoms with Crippen molar-refractivity contribution >= 4 is 11.6 Å². The molecule has 1 amide bonds. The number of carbonyl (C=O) groups excluding carboxylic acids is 1. The summed E-state index contributed by atoms with van der Waals surface area (Å²) in [5, 5.41) is 2.64. The number of benzene rings is 1. The monoisotopic (exact) mass is 259 g/mol. The summed E-state index contributed by atoms with van der Waals surface area (Å²) in [5.41, 5.74) is 0.942. The fourth-order valence-corrected chi connectivity index (χ4v) is 1.61. The topological polar surface area (TPSA) is 84.1 Å². The van der Waals surface area contributed by atoms with E-state index in [-0.39, 0.29) is 5.56 Å². The van der Waals surface area contributed by atoms with Crippen LogP contribution < -0.4 is 15.6 Å². The summed E-state index contributed by atoms with van der Waals surface area (Å²) in [7, 11) is 1.51. The number of carbonyl (C=O) groups is 1. The molecule has 0 spiro atoms. The molecule has 0 bridgehead atoms. The van der Waals surface area contributed by atoms with Crippen molar-refractivity contribution in [3.05, 3.63) is 52.2 Å². The van der Waals surface area contributed by atoms with E-state index in [9.17, 15) is 9.59 Å². The maximum atomic E-state index is 12.0. The van der Waals surface area contributed by atoms with Crippen LogP contribution in [0, 0.1) is 6.92 Å². The zero-order valence-corrected chi connectivity index (χ0v) is 10.6. The molecule has 0 atom stereocenters. The van der Waals surface area contributed by atoms with Gasteiger partial charge in [0.25, 0.3) is 11.5 Å². The fourth-order valence-electron chi connectivity index (χ4n) is 1.61. The minimum absolute atomic E-state index is 0.0499. The van der Waals surface area contributed by atoms with E-state index in [4.69, 9.17) is 4.74 Å². The van der Waals surface area contributed by atoms with Gasteiger partial charge in [0.2, 0.25) is 0 Å². The molecular formula is C13H13N3O3. The van der Waals surface area contributed by atoms with Crippen molar-refractivity contribution in [3.63, 3.8) is 0 Å². The van der Waals surface area contributed by atoms with E-state index in [1.165, 1.54) is 19.6 Å². The lowest BCUT2D eigenvalue weighted by molar-refractivity contribution is 0.102. The third-order valence-corrected chi connectivity index (χ3v) is 2.57. The van der Waals surface area contributed by atoms with Crippen LogP contribution in [0.15, 0.2) is 35.5 Å². The number of nitrogens with zero attached hydrogens (tertiary/aromatic N) is 1. The van der Waals surface area contributed by atoms with Crippen LogP contribution in [0.5, 0.6) is 5.75 Å². The molecule has 98 valence electrons. The Morgan fingerprint density at radius 2 is 2.21 bits per heavy atom. The van der Waals surface area contributed by atoms with Crippen LogP contribution >= 0.6 is 0 Å². The number of nitrogens with one attached hydrogen (secondary N) is 2. The van der Waals surface area contributed by atoms with E-state index in [1.54, 1.807) is 12.1 Å². The second kappa shape index (κ2) is 5.34. The van der Waals surface area contributed by atoms with Gasteiger partial charge in [0.1, 0.15) is 11.3 Å². The second-order valence-electron chi connectivity index (χ2n) is 3.95. The van der Waals surface area contributed by atoms with Gasteiger partial charge >= 0.3 is 0 Å². The number of hydrogen-bond acceptors (Lipinski definition) is 4. The average molecular weight is 259 g/mol. The first-order valence-corrected chi connectivity index (χ1v) is 5.60. The van der Waals surface area contributed by atoms with E-state index in [0.717, 1.165) is 5.56 Å². The average Bonchev–Trinajstić information content (AvgIpc) is 2.39. The molecule has 2 aromatic rings. The first-order valence-electron chi connectivity index (χ1n) is 5.60. The van der Waals surface area contributed by atoms with Gasteiger partial charge in [-0.2, -0.15) is 0 Å². The number of amides is 1. The number of ether oxygens (including phenoxy) is 1. The lowest BCUT2D eigenvalue weighted by atomic mass is 10.2. The molecule has 0 unspecified atom stereocenters. The van der Waals surface area contributed by atoms with Crippen molar-refractivity contribution < 1.29 is 9.53 Å². The Hall–Kier alpha value is -2.63. The van der Waals surface area contributed by atoms with Crippen LogP contribution in [-0.2, 0) is 0 Å². The largest absolute Gasteiger partial charge is 0.495 e. The molecule has 1 aromatic heterocycles. The summed E-state index contributed by atoms with van der Waals surface area (Å²) in [4.78, 5) is 29.5. The molecule has 19 heavy (non-hydrogen) atoms. The zero-order valence-electron chi connectivity index (χ0n) is 10.6. The molecule has 6 nitrogen and oxygen atoms in total. The van der Waals surface area contributed by atoms with Gasteiger partial charge < -0.3 is 15.0 Å². The summed E-state index contributed by atoms with van der Waals surface area (Å²) in [6.45, 7) is 1.89. The molecule has 0 saturated heterocycles. The summed E-state index contributed by atoms with van der Waals surface area (Å²) < 4.78 is 5.15. The lowest BCUT2D eigenvalue weighted by Gasteiger charge is -2.10. The Kier molecular flexibility index (Phi) is 3.61. The van der Waals surface area contributed by atoms with Crippen molar-refractivity contribution in [2.45, 2.75) is 6.92 Å². The van der Waals surface area contributed by atoms with Crippen LogP contribution in [0.3, 0.4) is 0 Å². The van der Waals surface area contributed by atoms with Crippen molar-refractivity contribution in [1.29, 1.82) is 0 Å². The quantitative estimate of drug-likeness (QED) is 0.871. The van der Waals surface area contributed by atoms with Crippen molar-refractivity contribution in [2.24, 2.45) is 0 Å². The van der Waals surface area contributed by atoms with Gasteiger partial charge in [-0.15, -0.1) is 0 Å². The molecule has 0 saturated carbocycles. The van der Waals surface area contributed by atoms with E-state index < -0.39 is 11.5 Å². The lowest BCUT2D eigenvalue weighted by Crippen LogP contribution is -2.23. The molecule has 0 aliphatic heterocycles. The van der Waals surface area contributed by atoms with E-state index in [0.29, 0.717) is 11.4 Å². The maximum Gasteiger partial charge on any atom is 0.263 e. The van der Waals surface area contributed by atoms with Crippen LogP contribution in [0.1, 0.15) is 15.9 Å². The minimum Gasteiger partial charge on any atom is -0.495 e. The number of hydrogen-bond donors (Lipinski definition) is 2. The van der Waals surface area contributed by atoms with Gasteiger partial charge in [0.05, 0.1) is 19.1 Å². The number of aromatic nitrogens is 2. The molecule has 0 radical (unpaired) electrons. The van der Waals surface area contributed by atoms with Gasteiger partial charge in [0.15, 0.2) is 0 Å². The Morgan fingerprint density at radius 3 is 2.89 bits per heavy atom. The highest BCUT2D eigenvalue weighted by Gasteiger charge is 2.13. The highest BCUT2D eigenvalue weighted by atomic mass is 16.5. The van der Waals surface area contributed by atoms with Gasteiger partial charge in [-0.05, 0) is 24.6 Å². The molecular weight excluding hydrogens is 246 g/mol. The van der Waals surface area contributed by atoms with E-state index in [1.807, 2.05) is 13.0 Å². The number of aromatic amines is 1. The molecule has 1 aromatic carbocycles. The summed E-state index contributed by atoms with van der Waals surface area (Å²) in [6, 6.07) is 5.38. The van der Waals surface area contributed by atoms with Crippen LogP contribution in [0.2, 0.25) is 0 Å². The zero-order chi connectivity index (χ0) is 13.8. The van der Waals surface area contributed by atoms with Gasteiger partial charge in [0, 0.05) is 6.20 Å². The smallest absolute Gasteiger partial charge is 0.263 e. The van der Waals surface area contributed by atoms with E-state index >= 15 is 0 Å². The summed E-state index contributed by atoms with van der Waals surface area (Å²) >= 11 is 0. The maximum absolute atomic E-state index is 12.0. The predicted octanol–water partition coefficient (Wildman–Crippen LogP) is 1.34. The minimum atomic E-state index is -0.529. The van der Waals surface area contributed by atoms with E-state index in [2.05, 4.69) is 15.3 Å². The number of anilines is 1. The van der Waals surface area contributed by atoms with Crippen LogP contribution in [0.4, 0.5) is 5.69 Å². The summed E-state index contributed by atoms with van der Waals surface area (Å²) in [5.74, 6) is -0.00230. The molecule has 2 rings (SSSR count). The van der Waals surface area contributed by atoms with Crippen molar-refractivity contribution in [3.8, 4) is 5.75 Å². The number of H-pyrrole nitrogens is 1. The predicted molar refractivity (Wildman–Crippen MR) is 70.5 cm³/mol. The SMILES string of the molecule is COc1ccc(C)cc1NC(=O)c1cnc[nH]c1=O. The highest BCUT2D eigenvalue weighted by molar-refractivity contribution is 6.04. The highest BCUT2D eigenvalue weighted by Crippen LogP contribution is 2.25. The Morgan fingerprint density at radius 1 is 1.42 bits per heavy atom. The third-order valence-electron chi connectivity index (χ3n) is 2.57. The third kappa shape index (κ3) is 2.79. The first-order chi connectivity index (χ1) is 9.11. The molecule has 0 fully saturated rings. The first kappa shape index (κ1) is 12.8. The molecule has 1 heterocycles. The van der Waals surface area contributed by atoms with Gasteiger partial charge in [-0.1, -0.05) is 6.07 Å². The van der Waals surface area contributed by atoms with Crippen molar-refractivity contribution in [2.75, 3.05) is 12.4 Å².